The van der Waals surface area contributed by atoms with Crippen molar-refractivity contribution in [3.05, 3.63) is 34.2 Å². The molecular formula is C14H12ClNO3S. The van der Waals surface area contributed by atoms with Crippen LogP contribution < -0.4 is 5.32 Å². The number of thiophene rings is 1. The van der Waals surface area contributed by atoms with E-state index in [1.807, 2.05) is 24.3 Å². The van der Waals surface area contributed by atoms with E-state index in [1.54, 1.807) is 0 Å². The van der Waals surface area contributed by atoms with Crippen LogP contribution in [0.2, 0.25) is 5.02 Å². The number of rotatable bonds is 4. The largest absolute Gasteiger partial charge is 0.480 e. The summed E-state index contributed by atoms with van der Waals surface area (Å²) in [5.41, 5.74) is 0. The van der Waals surface area contributed by atoms with E-state index >= 15 is 0 Å². The molecule has 0 unspecified atom stereocenters. The SMILES string of the molecule is O=C(N[C@H](C(=O)O)C1CC1)c1sc2ccccc2c1Cl. The highest BCUT2D eigenvalue weighted by molar-refractivity contribution is 7.21. The van der Waals surface area contributed by atoms with Crippen molar-refractivity contribution in [3.63, 3.8) is 0 Å². The van der Waals surface area contributed by atoms with Crippen molar-refractivity contribution in [2.45, 2.75) is 18.9 Å². The van der Waals surface area contributed by atoms with E-state index in [2.05, 4.69) is 5.32 Å². The normalized spacial score (nSPS) is 16.1. The van der Waals surface area contributed by atoms with Gasteiger partial charge in [0.25, 0.3) is 5.91 Å². The van der Waals surface area contributed by atoms with Gasteiger partial charge in [-0.1, -0.05) is 29.8 Å². The molecule has 1 amide bonds. The Morgan fingerprint density at radius 1 is 1.35 bits per heavy atom. The summed E-state index contributed by atoms with van der Waals surface area (Å²) in [6.07, 6.45) is 1.69. The minimum atomic E-state index is -0.988. The Morgan fingerprint density at radius 2 is 2.05 bits per heavy atom. The molecule has 6 heteroatoms. The zero-order valence-electron chi connectivity index (χ0n) is 10.4. The van der Waals surface area contributed by atoms with Crippen molar-refractivity contribution in [3.8, 4) is 0 Å². The van der Waals surface area contributed by atoms with E-state index in [4.69, 9.17) is 16.7 Å². The van der Waals surface area contributed by atoms with Gasteiger partial charge in [0.05, 0.1) is 5.02 Å². The van der Waals surface area contributed by atoms with Gasteiger partial charge in [0, 0.05) is 10.1 Å². The van der Waals surface area contributed by atoms with Crippen LogP contribution in [0.25, 0.3) is 10.1 Å². The number of halogens is 1. The number of nitrogens with one attached hydrogen (secondary N) is 1. The first-order chi connectivity index (χ1) is 9.58. The van der Waals surface area contributed by atoms with Crippen LogP contribution in [0.15, 0.2) is 24.3 Å². The number of carboxylic acids is 1. The summed E-state index contributed by atoms with van der Waals surface area (Å²) in [7, 11) is 0. The molecule has 0 aliphatic heterocycles. The minimum Gasteiger partial charge on any atom is -0.480 e. The van der Waals surface area contributed by atoms with Crippen molar-refractivity contribution in [1.29, 1.82) is 0 Å². The van der Waals surface area contributed by atoms with E-state index in [0.717, 1.165) is 22.9 Å². The van der Waals surface area contributed by atoms with Gasteiger partial charge in [0.15, 0.2) is 0 Å². The Bertz CT molecular complexity index is 693. The lowest BCUT2D eigenvalue weighted by Crippen LogP contribution is -2.42. The molecule has 1 aliphatic carbocycles. The average molecular weight is 310 g/mol. The van der Waals surface area contributed by atoms with E-state index < -0.39 is 17.9 Å². The molecule has 1 fully saturated rings. The van der Waals surface area contributed by atoms with Gasteiger partial charge in [-0.15, -0.1) is 11.3 Å². The molecule has 104 valence electrons. The lowest BCUT2D eigenvalue weighted by molar-refractivity contribution is -0.139. The highest BCUT2D eigenvalue weighted by Gasteiger charge is 2.37. The van der Waals surface area contributed by atoms with Crippen LogP contribution in [0.1, 0.15) is 22.5 Å². The standard InChI is InChI=1S/C14H12ClNO3S/c15-10-8-3-1-2-4-9(8)20-12(10)13(17)16-11(14(18)19)7-5-6-7/h1-4,7,11H,5-6H2,(H,16,17)(H,18,19)/t11-/m0/s1. The van der Waals surface area contributed by atoms with Crippen LogP contribution in [0.3, 0.4) is 0 Å². The Morgan fingerprint density at radius 3 is 2.65 bits per heavy atom. The first kappa shape index (κ1) is 13.4. The third-order valence-electron chi connectivity index (χ3n) is 3.39. The molecule has 0 bridgehead atoms. The molecule has 1 aromatic carbocycles. The summed E-state index contributed by atoms with van der Waals surface area (Å²) in [6.45, 7) is 0. The zero-order chi connectivity index (χ0) is 14.3. The van der Waals surface area contributed by atoms with Gasteiger partial charge in [-0.05, 0) is 24.8 Å². The topological polar surface area (TPSA) is 66.4 Å². The van der Waals surface area contributed by atoms with Crippen molar-refractivity contribution in [1.82, 2.24) is 5.32 Å². The molecule has 1 heterocycles. The molecule has 1 saturated carbocycles. The zero-order valence-corrected chi connectivity index (χ0v) is 12.0. The summed E-state index contributed by atoms with van der Waals surface area (Å²) in [4.78, 5) is 23.8. The van der Waals surface area contributed by atoms with Crippen molar-refractivity contribution in [2.24, 2.45) is 5.92 Å². The first-order valence-corrected chi connectivity index (χ1v) is 7.48. The fourth-order valence-electron chi connectivity index (χ4n) is 2.18. The lowest BCUT2D eigenvalue weighted by atomic mass is 10.2. The fraction of sp³-hybridized carbons (Fsp3) is 0.286. The van der Waals surface area contributed by atoms with E-state index in [1.165, 1.54) is 11.3 Å². The number of carboxylic acid groups (broad SMARTS) is 1. The smallest absolute Gasteiger partial charge is 0.326 e. The van der Waals surface area contributed by atoms with Crippen molar-refractivity contribution < 1.29 is 14.7 Å². The van der Waals surface area contributed by atoms with Gasteiger partial charge in [0.2, 0.25) is 0 Å². The maximum atomic E-state index is 12.2. The lowest BCUT2D eigenvalue weighted by Gasteiger charge is -2.12. The number of amides is 1. The molecule has 3 rings (SSSR count). The number of hydrogen-bond donors (Lipinski definition) is 2. The molecule has 2 aromatic rings. The molecule has 0 saturated heterocycles. The Balaban J connectivity index is 1.88. The first-order valence-electron chi connectivity index (χ1n) is 6.28. The number of aliphatic carboxylic acids is 1. The summed E-state index contributed by atoms with van der Waals surface area (Å²) in [5.74, 6) is -1.35. The summed E-state index contributed by atoms with van der Waals surface area (Å²) in [6, 6.07) is 6.65. The monoisotopic (exact) mass is 309 g/mol. The second-order valence-electron chi connectivity index (χ2n) is 4.87. The molecule has 1 atom stereocenters. The number of hydrogen-bond acceptors (Lipinski definition) is 3. The quantitative estimate of drug-likeness (QED) is 0.911. The Kier molecular flexibility index (Phi) is 3.40. The van der Waals surface area contributed by atoms with Gasteiger partial charge in [-0.2, -0.15) is 0 Å². The third-order valence-corrected chi connectivity index (χ3v) is 5.06. The van der Waals surface area contributed by atoms with E-state index in [-0.39, 0.29) is 5.92 Å². The number of benzene rings is 1. The molecule has 1 aromatic heterocycles. The predicted molar refractivity (Wildman–Crippen MR) is 78.4 cm³/mol. The van der Waals surface area contributed by atoms with E-state index in [9.17, 15) is 9.59 Å². The Labute approximate surface area is 124 Å². The predicted octanol–water partition coefficient (Wildman–Crippen LogP) is 3.15. The van der Waals surface area contributed by atoms with Gasteiger partial charge in [-0.25, -0.2) is 4.79 Å². The van der Waals surface area contributed by atoms with Gasteiger partial charge < -0.3 is 10.4 Å². The second kappa shape index (κ2) is 5.07. The summed E-state index contributed by atoms with van der Waals surface area (Å²) >= 11 is 7.49. The van der Waals surface area contributed by atoms with E-state index in [0.29, 0.717) is 9.90 Å². The van der Waals surface area contributed by atoms with Gasteiger partial charge in [0.1, 0.15) is 10.9 Å². The van der Waals surface area contributed by atoms with Crippen LogP contribution in [0.4, 0.5) is 0 Å². The number of fused-ring (bicyclic) bond motifs is 1. The molecule has 2 N–H and O–H groups in total. The van der Waals surface area contributed by atoms with Crippen LogP contribution in [0.5, 0.6) is 0 Å². The molecule has 0 spiro atoms. The maximum Gasteiger partial charge on any atom is 0.326 e. The third kappa shape index (κ3) is 2.39. The Hall–Kier alpha value is -1.59. The molecule has 0 radical (unpaired) electrons. The summed E-state index contributed by atoms with van der Waals surface area (Å²) in [5, 5.41) is 12.9. The number of carbonyl (C=O) groups excluding carboxylic acids is 1. The molecule has 20 heavy (non-hydrogen) atoms. The van der Waals surface area contributed by atoms with Gasteiger partial charge in [-0.3, -0.25) is 4.79 Å². The fourth-order valence-corrected chi connectivity index (χ4v) is 3.60. The maximum absolute atomic E-state index is 12.2. The molecular weight excluding hydrogens is 298 g/mol. The summed E-state index contributed by atoms with van der Waals surface area (Å²) < 4.78 is 0.918. The van der Waals surface area contributed by atoms with Crippen LogP contribution >= 0.6 is 22.9 Å². The van der Waals surface area contributed by atoms with Crippen LogP contribution in [-0.4, -0.2) is 23.0 Å². The minimum absolute atomic E-state index is 0.0459. The second-order valence-corrected chi connectivity index (χ2v) is 6.30. The molecule has 4 nitrogen and oxygen atoms in total. The van der Waals surface area contributed by atoms with Crippen LogP contribution in [-0.2, 0) is 4.79 Å². The average Bonchev–Trinajstić information content (AvgIpc) is 3.20. The molecule has 1 aliphatic rings. The highest BCUT2D eigenvalue weighted by atomic mass is 35.5. The number of carbonyl (C=O) groups is 2. The van der Waals surface area contributed by atoms with Crippen molar-refractivity contribution in [2.75, 3.05) is 0 Å². The highest BCUT2D eigenvalue weighted by Crippen LogP contribution is 2.36. The van der Waals surface area contributed by atoms with Gasteiger partial charge >= 0.3 is 5.97 Å². The van der Waals surface area contributed by atoms with Crippen LogP contribution in [0, 0.1) is 5.92 Å². The van der Waals surface area contributed by atoms with Crippen molar-refractivity contribution >= 4 is 44.9 Å².